The molecular weight excluding hydrogens is 477 g/mol. The van der Waals surface area contributed by atoms with Crippen LogP contribution in [0.3, 0.4) is 0 Å². The van der Waals surface area contributed by atoms with Crippen molar-refractivity contribution in [2.75, 3.05) is 33.4 Å². The van der Waals surface area contributed by atoms with E-state index in [4.69, 9.17) is 13.8 Å². The van der Waals surface area contributed by atoms with Gasteiger partial charge < -0.3 is 19.7 Å². The zero-order valence-electron chi connectivity index (χ0n) is 22.8. The molecule has 1 aromatic rings. The first-order valence-corrected chi connectivity index (χ1v) is 15.3. The smallest absolute Gasteiger partial charge is 0.472 e. The second-order valence-electron chi connectivity index (χ2n) is 9.71. The Labute approximate surface area is 219 Å². The molecule has 2 atom stereocenters. The van der Waals surface area contributed by atoms with Crippen LogP contribution in [0.15, 0.2) is 24.3 Å². The maximum absolute atomic E-state index is 12.1. The largest absolute Gasteiger partial charge is 0.494 e. The lowest BCUT2D eigenvalue weighted by molar-refractivity contribution is -0.118. The van der Waals surface area contributed by atoms with Crippen LogP contribution in [0.1, 0.15) is 96.5 Å². The molecule has 0 saturated carbocycles. The maximum atomic E-state index is 12.1. The molecule has 2 N–H and O–H groups in total. The first kappa shape index (κ1) is 32.8. The van der Waals surface area contributed by atoms with Crippen molar-refractivity contribution < 1.29 is 28.0 Å². The van der Waals surface area contributed by atoms with Gasteiger partial charge >= 0.3 is 7.82 Å². The Bertz CT molecular complexity index is 745. The summed E-state index contributed by atoms with van der Waals surface area (Å²) in [5, 5.41) is 2.84. The van der Waals surface area contributed by atoms with E-state index in [1.54, 1.807) is 7.05 Å². The summed E-state index contributed by atoms with van der Waals surface area (Å²) in [5.74, 6) is 0.597. The van der Waals surface area contributed by atoms with E-state index in [2.05, 4.69) is 12.2 Å². The summed E-state index contributed by atoms with van der Waals surface area (Å²) in [5.41, 5.74) is 1.00. The Balaban J connectivity index is 2.34. The monoisotopic (exact) mass is 527 g/mol. The van der Waals surface area contributed by atoms with Crippen LogP contribution < -0.4 is 10.1 Å². The summed E-state index contributed by atoms with van der Waals surface area (Å²) in [6.45, 7) is 4.95. The zero-order chi connectivity index (χ0) is 26.5. The third kappa shape index (κ3) is 18.1. The molecule has 36 heavy (non-hydrogen) atoms. The zero-order valence-corrected chi connectivity index (χ0v) is 23.7. The average Bonchev–Trinajstić information content (AvgIpc) is 2.83. The van der Waals surface area contributed by atoms with E-state index in [-0.39, 0.29) is 31.3 Å². The van der Waals surface area contributed by atoms with Crippen LogP contribution in [-0.2, 0) is 24.8 Å². The molecule has 208 valence electrons. The quantitative estimate of drug-likeness (QED) is 0.112. The van der Waals surface area contributed by atoms with E-state index in [0.717, 1.165) is 17.7 Å². The van der Waals surface area contributed by atoms with Gasteiger partial charge in [-0.05, 0) is 50.4 Å². The van der Waals surface area contributed by atoms with E-state index >= 15 is 0 Å². The van der Waals surface area contributed by atoms with Gasteiger partial charge in [0.1, 0.15) is 11.5 Å². The number of phosphoric ester groups is 1. The lowest BCUT2D eigenvalue weighted by Crippen LogP contribution is -2.17. The molecule has 0 aliphatic heterocycles. The first-order chi connectivity index (χ1) is 17.4. The number of benzene rings is 1. The summed E-state index contributed by atoms with van der Waals surface area (Å²) < 4.78 is 28.1. The molecule has 0 aliphatic rings. The molecule has 0 radical (unpaired) electrons. The number of hydrogen-bond acceptors (Lipinski definition) is 6. The fourth-order valence-corrected chi connectivity index (χ4v) is 4.94. The Kier molecular flexibility index (Phi) is 18.9. The molecule has 0 saturated heterocycles. The molecule has 0 spiro atoms. The molecule has 0 aromatic heterocycles. The standard InChI is InChI=1S/C28H50NO6P/c1-4-5-6-7-8-9-10-11-12-13-14-19-33-28-17-15-16-26(23-28)22-27(21-25(2)30)24-35-36(31,32)34-20-18-29-3/h15-17,23,27,29H,4-14,18-22,24H2,1-3H3,(H,31,32). The molecule has 0 bridgehead atoms. The van der Waals surface area contributed by atoms with E-state index in [0.29, 0.717) is 19.6 Å². The van der Waals surface area contributed by atoms with Crippen LogP contribution in [0, 0.1) is 5.92 Å². The highest BCUT2D eigenvalue weighted by molar-refractivity contribution is 7.47. The van der Waals surface area contributed by atoms with Crippen molar-refractivity contribution in [1.82, 2.24) is 5.32 Å². The minimum absolute atomic E-state index is 0.0105. The number of nitrogens with one attached hydrogen (secondary N) is 1. The van der Waals surface area contributed by atoms with Gasteiger partial charge in [-0.2, -0.15) is 0 Å². The van der Waals surface area contributed by atoms with Gasteiger partial charge in [0.2, 0.25) is 0 Å². The topological polar surface area (TPSA) is 94.1 Å². The number of rotatable bonds is 24. The average molecular weight is 528 g/mol. The van der Waals surface area contributed by atoms with Gasteiger partial charge in [-0.3, -0.25) is 9.05 Å². The van der Waals surface area contributed by atoms with E-state index in [9.17, 15) is 14.3 Å². The lowest BCUT2D eigenvalue weighted by Gasteiger charge is -2.19. The number of ether oxygens (including phenoxy) is 1. The fourth-order valence-electron chi connectivity index (χ4n) is 4.15. The number of ketones is 1. The molecule has 7 nitrogen and oxygen atoms in total. The molecule has 8 heteroatoms. The van der Waals surface area contributed by atoms with Gasteiger partial charge in [0, 0.05) is 13.0 Å². The molecule has 1 aromatic carbocycles. The van der Waals surface area contributed by atoms with Crippen LogP contribution in [0.2, 0.25) is 0 Å². The number of carbonyl (C=O) groups excluding carboxylic acids is 1. The van der Waals surface area contributed by atoms with Crippen molar-refractivity contribution >= 4 is 13.6 Å². The predicted molar refractivity (Wildman–Crippen MR) is 147 cm³/mol. The molecular formula is C28H50NO6P. The highest BCUT2D eigenvalue weighted by Crippen LogP contribution is 2.43. The SMILES string of the molecule is CCCCCCCCCCCCCOc1cccc(CC(COP(=O)(O)OCCNC)CC(C)=O)c1. The maximum Gasteiger partial charge on any atom is 0.472 e. The number of carbonyl (C=O) groups is 1. The predicted octanol–water partition coefficient (Wildman–Crippen LogP) is 6.87. The summed E-state index contributed by atoms with van der Waals surface area (Å²) in [6.07, 6.45) is 15.1. The van der Waals surface area contributed by atoms with Gasteiger partial charge in [0.25, 0.3) is 0 Å². The number of unbranched alkanes of at least 4 members (excludes halogenated alkanes) is 10. The van der Waals surface area contributed by atoms with Crippen molar-refractivity contribution in [1.29, 1.82) is 0 Å². The second-order valence-corrected chi connectivity index (χ2v) is 11.2. The van der Waals surface area contributed by atoms with Gasteiger partial charge in [-0.15, -0.1) is 0 Å². The number of hydrogen-bond donors (Lipinski definition) is 2. The van der Waals surface area contributed by atoms with Gasteiger partial charge in [-0.25, -0.2) is 4.57 Å². The Hall–Kier alpha value is -1.24. The number of likely N-dealkylation sites (N-methyl/N-ethyl adjacent to an activating group) is 1. The molecule has 1 rings (SSSR count). The van der Waals surface area contributed by atoms with Gasteiger partial charge in [0.15, 0.2) is 0 Å². The normalized spacial score (nSPS) is 13.9. The van der Waals surface area contributed by atoms with Crippen molar-refractivity contribution in [2.24, 2.45) is 5.92 Å². The number of phosphoric acid groups is 1. The van der Waals surface area contributed by atoms with E-state index < -0.39 is 7.82 Å². The Morgan fingerprint density at radius 2 is 1.61 bits per heavy atom. The molecule has 0 aliphatic carbocycles. The van der Waals surface area contributed by atoms with Gasteiger partial charge in [0.05, 0.1) is 19.8 Å². The fraction of sp³-hybridized carbons (Fsp3) is 0.750. The van der Waals surface area contributed by atoms with Crippen LogP contribution in [0.4, 0.5) is 0 Å². The summed E-state index contributed by atoms with van der Waals surface area (Å²) >= 11 is 0. The van der Waals surface area contributed by atoms with Crippen LogP contribution >= 0.6 is 7.82 Å². The third-order valence-electron chi connectivity index (χ3n) is 6.10. The Morgan fingerprint density at radius 3 is 2.22 bits per heavy atom. The third-order valence-corrected chi connectivity index (χ3v) is 7.08. The molecule has 0 amide bonds. The summed E-state index contributed by atoms with van der Waals surface area (Å²) in [7, 11) is -2.42. The highest BCUT2D eigenvalue weighted by Gasteiger charge is 2.24. The van der Waals surface area contributed by atoms with E-state index in [1.165, 1.54) is 71.1 Å². The van der Waals surface area contributed by atoms with Crippen LogP contribution in [0.25, 0.3) is 0 Å². The van der Waals surface area contributed by atoms with Crippen molar-refractivity contribution in [2.45, 2.75) is 97.3 Å². The Morgan fingerprint density at radius 1 is 0.972 bits per heavy atom. The number of Topliss-reactive ketones (excluding diaryl/α,β-unsaturated/α-hetero) is 1. The highest BCUT2D eigenvalue weighted by atomic mass is 31.2. The molecule has 0 fully saturated rings. The first-order valence-electron chi connectivity index (χ1n) is 13.8. The van der Waals surface area contributed by atoms with Crippen molar-refractivity contribution in [3.05, 3.63) is 29.8 Å². The van der Waals surface area contributed by atoms with Crippen molar-refractivity contribution in [3.63, 3.8) is 0 Å². The molecule has 2 unspecified atom stereocenters. The van der Waals surface area contributed by atoms with Gasteiger partial charge in [-0.1, -0.05) is 83.3 Å². The lowest BCUT2D eigenvalue weighted by atomic mass is 9.95. The summed E-state index contributed by atoms with van der Waals surface area (Å²) in [6, 6.07) is 7.84. The second kappa shape index (κ2) is 20.8. The van der Waals surface area contributed by atoms with Crippen LogP contribution in [-0.4, -0.2) is 44.1 Å². The minimum Gasteiger partial charge on any atom is -0.494 e. The molecule has 0 heterocycles. The van der Waals surface area contributed by atoms with E-state index in [1.807, 2.05) is 24.3 Å². The van der Waals surface area contributed by atoms with Crippen LogP contribution in [0.5, 0.6) is 5.75 Å². The summed E-state index contributed by atoms with van der Waals surface area (Å²) in [4.78, 5) is 21.6. The van der Waals surface area contributed by atoms with Crippen molar-refractivity contribution in [3.8, 4) is 5.75 Å². The minimum atomic E-state index is -4.15.